The van der Waals surface area contributed by atoms with Crippen LogP contribution in [-0.4, -0.2) is 21.6 Å². The Hall–Kier alpha value is -1.58. The molecule has 0 radical (unpaired) electrons. The van der Waals surface area contributed by atoms with E-state index in [0.717, 1.165) is 19.3 Å². The molecule has 0 amide bonds. The van der Waals surface area contributed by atoms with Crippen LogP contribution in [0.1, 0.15) is 43.1 Å². The van der Waals surface area contributed by atoms with E-state index in [9.17, 15) is 4.79 Å². The summed E-state index contributed by atoms with van der Waals surface area (Å²) in [6, 6.07) is 5.05. The molecule has 0 aliphatic heterocycles. The Morgan fingerprint density at radius 2 is 2.31 bits per heavy atom. The van der Waals surface area contributed by atoms with Crippen LogP contribution in [0.3, 0.4) is 0 Å². The highest BCUT2D eigenvalue weighted by molar-refractivity contribution is 5.85. The number of hydrogen-bond acceptors (Lipinski definition) is 3. The Kier molecular flexibility index (Phi) is 2.81. The predicted molar refractivity (Wildman–Crippen MR) is 61.7 cm³/mol. The molecule has 0 saturated heterocycles. The average molecular weight is 220 g/mol. The predicted octanol–water partition coefficient (Wildman–Crippen LogP) is 2.52. The molecule has 1 heterocycles. The van der Waals surface area contributed by atoms with Gasteiger partial charge in [0.2, 0.25) is 0 Å². The number of pyridine rings is 1. The fourth-order valence-electron chi connectivity index (χ4n) is 2.07. The average Bonchev–Trinajstić information content (AvgIpc) is 2.24. The number of nitrogens with one attached hydrogen (secondary N) is 1. The first-order valence-electron chi connectivity index (χ1n) is 5.64. The van der Waals surface area contributed by atoms with Crippen molar-refractivity contribution in [3.8, 4) is 0 Å². The van der Waals surface area contributed by atoms with Gasteiger partial charge in [0, 0.05) is 5.54 Å². The number of carboxylic acids is 1. The number of aromatic nitrogens is 1. The van der Waals surface area contributed by atoms with Crippen LogP contribution in [0.5, 0.6) is 0 Å². The summed E-state index contributed by atoms with van der Waals surface area (Å²) in [5.41, 5.74) is 0.236. The second-order valence-electron chi connectivity index (χ2n) is 4.33. The maximum Gasteiger partial charge on any atom is 0.354 e. The lowest BCUT2D eigenvalue weighted by molar-refractivity contribution is 0.0690. The summed E-state index contributed by atoms with van der Waals surface area (Å²) < 4.78 is 0. The number of hydrogen-bond donors (Lipinski definition) is 2. The molecule has 0 spiro atoms. The number of nitrogens with zero attached hydrogens (tertiary/aromatic N) is 1. The van der Waals surface area contributed by atoms with Crippen molar-refractivity contribution in [2.24, 2.45) is 0 Å². The molecule has 4 nitrogen and oxygen atoms in total. The van der Waals surface area contributed by atoms with Gasteiger partial charge in [0.1, 0.15) is 5.82 Å². The summed E-state index contributed by atoms with van der Waals surface area (Å²) in [6.07, 6.45) is 4.57. The van der Waals surface area contributed by atoms with E-state index in [1.807, 2.05) is 6.07 Å². The topological polar surface area (TPSA) is 62.2 Å². The third-order valence-corrected chi connectivity index (χ3v) is 3.35. The van der Waals surface area contributed by atoms with Gasteiger partial charge in [0.25, 0.3) is 0 Å². The first-order valence-corrected chi connectivity index (χ1v) is 5.64. The molecule has 1 saturated carbocycles. The fraction of sp³-hybridized carbons (Fsp3) is 0.500. The minimum Gasteiger partial charge on any atom is -0.477 e. The molecule has 2 rings (SSSR count). The van der Waals surface area contributed by atoms with E-state index in [1.165, 1.54) is 12.5 Å². The summed E-state index contributed by atoms with van der Waals surface area (Å²) in [6.45, 7) is 2.15. The highest BCUT2D eigenvalue weighted by atomic mass is 16.4. The summed E-state index contributed by atoms with van der Waals surface area (Å²) >= 11 is 0. The Morgan fingerprint density at radius 3 is 2.81 bits per heavy atom. The lowest BCUT2D eigenvalue weighted by atomic mass is 9.75. The van der Waals surface area contributed by atoms with Crippen LogP contribution in [0.4, 0.5) is 5.82 Å². The maximum atomic E-state index is 10.8. The first-order chi connectivity index (χ1) is 7.65. The van der Waals surface area contributed by atoms with Crippen molar-refractivity contribution >= 4 is 11.8 Å². The standard InChI is InChI=1S/C12H16N2O2/c1-2-12(7-4-8-12)14-10-6-3-5-9(13-10)11(15)16/h3,5-6H,2,4,7-8H2,1H3,(H,13,14)(H,15,16). The Balaban J connectivity index is 2.15. The van der Waals surface area contributed by atoms with Gasteiger partial charge in [-0.15, -0.1) is 0 Å². The van der Waals surface area contributed by atoms with Gasteiger partial charge in [-0.2, -0.15) is 0 Å². The monoisotopic (exact) mass is 220 g/mol. The fourth-order valence-corrected chi connectivity index (χ4v) is 2.07. The van der Waals surface area contributed by atoms with Crippen LogP contribution in [0.2, 0.25) is 0 Å². The van der Waals surface area contributed by atoms with Crippen molar-refractivity contribution in [1.82, 2.24) is 4.98 Å². The zero-order valence-corrected chi connectivity index (χ0v) is 9.36. The number of carboxylic acid groups (broad SMARTS) is 1. The van der Waals surface area contributed by atoms with Gasteiger partial charge in [-0.1, -0.05) is 13.0 Å². The van der Waals surface area contributed by atoms with Crippen LogP contribution < -0.4 is 5.32 Å². The Bertz CT molecular complexity index is 394. The van der Waals surface area contributed by atoms with Crippen molar-refractivity contribution < 1.29 is 9.90 Å². The summed E-state index contributed by atoms with van der Waals surface area (Å²) in [4.78, 5) is 14.9. The van der Waals surface area contributed by atoms with Gasteiger partial charge in [-0.3, -0.25) is 0 Å². The quantitative estimate of drug-likeness (QED) is 0.818. The van der Waals surface area contributed by atoms with Crippen molar-refractivity contribution in [1.29, 1.82) is 0 Å². The molecular weight excluding hydrogens is 204 g/mol. The zero-order chi connectivity index (χ0) is 11.6. The zero-order valence-electron chi connectivity index (χ0n) is 9.36. The van der Waals surface area contributed by atoms with Gasteiger partial charge in [0.05, 0.1) is 0 Å². The molecule has 0 atom stereocenters. The van der Waals surface area contributed by atoms with Gasteiger partial charge < -0.3 is 10.4 Å². The lowest BCUT2D eigenvalue weighted by Crippen LogP contribution is -2.44. The molecule has 1 fully saturated rings. The van der Waals surface area contributed by atoms with E-state index in [4.69, 9.17) is 5.11 Å². The third-order valence-electron chi connectivity index (χ3n) is 3.35. The molecular formula is C12H16N2O2. The molecule has 0 bridgehead atoms. The normalized spacial score (nSPS) is 17.6. The van der Waals surface area contributed by atoms with Gasteiger partial charge >= 0.3 is 5.97 Å². The molecule has 1 aliphatic carbocycles. The molecule has 1 aliphatic rings. The van der Waals surface area contributed by atoms with Crippen LogP contribution in [0.15, 0.2) is 18.2 Å². The van der Waals surface area contributed by atoms with Crippen LogP contribution in [0, 0.1) is 0 Å². The Morgan fingerprint density at radius 1 is 1.56 bits per heavy atom. The minimum absolute atomic E-state index is 0.0931. The minimum atomic E-state index is -0.984. The van der Waals surface area contributed by atoms with E-state index in [0.29, 0.717) is 5.82 Å². The highest BCUT2D eigenvalue weighted by Crippen LogP contribution is 2.37. The summed E-state index contributed by atoms with van der Waals surface area (Å²) in [7, 11) is 0. The maximum absolute atomic E-state index is 10.8. The van der Waals surface area contributed by atoms with Crippen LogP contribution >= 0.6 is 0 Å². The van der Waals surface area contributed by atoms with E-state index < -0.39 is 5.97 Å². The smallest absolute Gasteiger partial charge is 0.354 e. The van der Waals surface area contributed by atoms with E-state index >= 15 is 0 Å². The molecule has 1 aromatic heterocycles. The number of rotatable bonds is 4. The van der Waals surface area contributed by atoms with Crippen LogP contribution in [0.25, 0.3) is 0 Å². The van der Waals surface area contributed by atoms with Gasteiger partial charge in [0.15, 0.2) is 5.69 Å². The van der Waals surface area contributed by atoms with Crippen molar-refractivity contribution in [2.45, 2.75) is 38.1 Å². The molecule has 16 heavy (non-hydrogen) atoms. The summed E-state index contributed by atoms with van der Waals surface area (Å²) in [5, 5.41) is 12.2. The molecule has 0 aromatic carbocycles. The van der Waals surface area contributed by atoms with Crippen LogP contribution in [-0.2, 0) is 0 Å². The molecule has 1 aromatic rings. The van der Waals surface area contributed by atoms with E-state index in [2.05, 4.69) is 17.2 Å². The number of anilines is 1. The largest absolute Gasteiger partial charge is 0.477 e. The first kappa shape index (κ1) is 10.9. The number of aromatic carboxylic acids is 1. The second-order valence-corrected chi connectivity index (χ2v) is 4.33. The van der Waals surface area contributed by atoms with Crippen molar-refractivity contribution in [2.75, 3.05) is 5.32 Å². The lowest BCUT2D eigenvalue weighted by Gasteiger charge is -2.42. The van der Waals surface area contributed by atoms with Crippen molar-refractivity contribution in [3.63, 3.8) is 0 Å². The third kappa shape index (κ3) is 2.01. The van der Waals surface area contributed by atoms with E-state index in [1.54, 1.807) is 6.07 Å². The molecule has 86 valence electrons. The van der Waals surface area contributed by atoms with E-state index in [-0.39, 0.29) is 11.2 Å². The van der Waals surface area contributed by atoms with Crippen molar-refractivity contribution in [3.05, 3.63) is 23.9 Å². The molecule has 0 unspecified atom stereocenters. The van der Waals surface area contributed by atoms with Gasteiger partial charge in [-0.05, 0) is 37.8 Å². The second kappa shape index (κ2) is 4.12. The van der Waals surface area contributed by atoms with Gasteiger partial charge in [-0.25, -0.2) is 9.78 Å². The molecule has 4 heteroatoms. The SMILES string of the molecule is CCC1(Nc2cccc(C(=O)O)n2)CCC1. The Labute approximate surface area is 94.7 Å². The number of carbonyl (C=O) groups is 1. The molecule has 2 N–H and O–H groups in total. The highest BCUT2D eigenvalue weighted by Gasteiger charge is 2.35. The summed E-state index contributed by atoms with van der Waals surface area (Å²) in [5.74, 6) is -0.316.